The van der Waals surface area contributed by atoms with Crippen LogP contribution in [0.25, 0.3) is 0 Å². The molecule has 0 aliphatic rings. The summed E-state index contributed by atoms with van der Waals surface area (Å²) in [4.78, 5) is 22.1. The first-order valence-electron chi connectivity index (χ1n) is 4.75. The van der Waals surface area contributed by atoms with Gasteiger partial charge >= 0.3 is 5.97 Å². The van der Waals surface area contributed by atoms with E-state index in [9.17, 15) is 9.59 Å². The maximum atomic E-state index is 11.1. The molecule has 0 saturated heterocycles. The number of nitrogens with one attached hydrogen (secondary N) is 1. The van der Waals surface area contributed by atoms with E-state index in [1.807, 2.05) is 52.9 Å². The zero-order valence-electron chi connectivity index (χ0n) is 8.52. The van der Waals surface area contributed by atoms with E-state index in [0.717, 1.165) is 5.56 Å². The minimum Gasteiger partial charge on any atom is -0.480 e. The van der Waals surface area contributed by atoms with Crippen LogP contribution in [-0.4, -0.2) is 27.5 Å². The van der Waals surface area contributed by atoms with Gasteiger partial charge in [-0.05, 0) is 5.56 Å². The topological polar surface area (TPSA) is 66.4 Å². The summed E-state index contributed by atoms with van der Waals surface area (Å²) in [5, 5.41) is 11.4. The Balaban J connectivity index is 2.65. The van der Waals surface area contributed by atoms with Crippen molar-refractivity contribution in [1.82, 2.24) is 5.32 Å². The molecular weight excluding hydrogens is 321 g/mol. The van der Waals surface area contributed by atoms with Crippen molar-refractivity contribution in [3.05, 3.63) is 35.9 Å². The molecule has 1 rings (SSSR count). The number of carboxylic acid groups (broad SMARTS) is 1. The highest BCUT2D eigenvalue weighted by molar-refractivity contribution is 14.1. The van der Waals surface area contributed by atoms with E-state index >= 15 is 0 Å². The Labute approximate surface area is 107 Å². The Kier molecular flexibility index (Phi) is 5.24. The number of carboxylic acids is 1. The molecular formula is C11H12INO3. The van der Waals surface area contributed by atoms with Crippen LogP contribution in [0.15, 0.2) is 30.3 Å². The molecule has 0 aliphatic heterocycles. The monoisotopic (exact) mass is 333 g/mol. The molecule has 0 unspecified atom stereocenters. The molecule has 1 aromatic rings. The Morgan fingerprint density at radius 2 is 1.94 bits per heavy atom. The second kappa shape index (κ2) is 6.47. The van der Waals surface area contributed by atoms with Crippen molar-refractivity contribution in [2.45, 2.75) is 12.5 Å². The quantitative estimate of drug-likeness (QED) is 0.629. The number of carbonyl (C=O) groups excluding carboxylic acids is 1. The summed E-state index contributed by atoms with van der Waals surface area (Å²) in [5.74, 6) is -1.27. The molecule has 0 aromatic heterocycles. The van der Waals surface area contributed by atoms with Gasteiger partial charge in [-0.15, -0.1) is 0 Å². The number of benzene rings is 1. The fourth-order valence-corrected chi connectivity index (χ4v) is 1.50. The zero-order valence-corrected chi connectivity index (χ0v) is 10.7. The minimum absolute atomic E-state index is 0.260. The molecule has 0 fully saturated rings. The Hall–Kier alpha value is -1.11. The fourth-order valence-electron chi connectivity index (χ4n) is 1.28. The summed E-state index contributed by atoms with van der Waals surface area (Å²) < 4.78 is 0.260. The van der Waals surface area contributed by atoms with Crippen LogP contribution in [0.3, 0.4) is 0 Å². The SMILES string of the molecule is O=C(CI)N[C@H](Cc1ccccc1)C(=O)O. The van der Waals surface area contributed by atoms with Crippen molar-refractivity contribution in [2.75, 3.05) is 4.43 Å². The maximum Gasteiger partial charge on any atom is 0.326 e. The van der Waals surface area contributed by atoms with Crippen molar-refractivity contribution in [1.29, 1.82) is 0 Å². The molecule has 4 nitrogen and oxygen atoms in total. The average Bonchev–Trinajstić information content (AvgIpc) is 2.29. The highest BCUT2D eigenvalue weighted by Gasteiger charge is 2.19. The summed E-state index contributed by atoms with van der Waals surface area (Å²) in [7, 11) is 0. The van der Waals surface area contributed by atoms with Gasteiger partial charge in [0.05, 0.1) is 4.43 Å². The molecule has 0 saturated carbocycles. The number of aliphatic carboxylic acids is 1. The summed E-state index contributed by atoms with van der Waals surface area (Å²) in [6, 6.07) is 8.37. The average molecular weight is 333 g/mol. The van der Waals surface area contributed by atoms with Gasteiger partial charge in [0.2, 0.25) is 5.91 Å². The zero-order chi connectivity index (χ0) is 12.0. The summed E-state index contributed by atoms with van der Waals surface area (Å²) >= 11 is 1.90. The third kappa shape index (κ3) is 4.18. The van der Waals surface area contributed by atoms with E-state index in [1.165, 1.54) is 0 Å². The van der Waals surface area contributed by atoms with Crippen LogP contribution in [0.4, 0.5) is 0 Å². The molecule has 86 valence electrons. The summed E-state index contributed by atoms with van der Waals surface area (Å²) in [5.41, 5.74) is 0.892. The van der Waals surface area contributed by atoms with Crippen LogP contribution < -0.4 is 5.32 Å². The molecule has 1 atom stereocenters. The molecule has 1 amide bonds. The van der Waals surface area contributed by atoms with Crippen LogP contribution in [0.1, 0.15) is 5.56 Å². The number of rotatable bonds is 5. The molecule has 0 bridgehead atoms. The number of amides is 1. The predicted molar refractivity (Wildman–Crippen MR) is 68.6 cm³/mol. The van der Waals surface area contributed by atoms with Crippen molar-refractivity contribution in [3.63, 3.8) is 0 Å². The van der Waals surface area contributed by atoms with Crippen LogP contribution in [0, 0.1) is 0 Å². The second-order valence-electron chi connectivity index (χ2n) is 3.28. The molecule has 1 aromatic carbocycles. The van der Waals surface area contributed by atoms with E-state index in [0.29, 0.717) is 6.42 Å². The summed E-state index contributed by atoms with van der Waals surface area (Å²) in [6.45, 7) is 0. The molecule has 2 N–H and O–H groups in total. The Bertz CT molecular complexity index is 367. The van der Waals surface area contributed by atoms with E-state index in [2.05, 4.69) is 5.32 Å². The molecule has 0 radical (unpaired) electrons. The number of hydrogen-bond acceptors (Lipinski definition) is 2. The largest absolute Gasteiger partial charge is 0.480 e. The molecule has 0 aliphatic carbocycles. The molecule has 16 heavy (non-hydrogen) atoms. The minimum atomic E-state index is -1.01. The lowest BCUT2D eigenvalue weighted by Gasteiger charge is -2.13. The smallest absolute Gasteiger partial charge is 0.326 e. The van der Waals surface area contributed by atoms with Gasteiger partial charge in [0.15, 0.2) is 0 Å². The Morgan fingerprint density at radius 3 is 2.44 bits per heavy atom. The van der Waals surface area contributed by atoms with Gasteiger partial charge in [-0.1, -0.05) is 52.9 Å². The number of hydrogen-bond donors (Lipinski definition) is 2. The van der Waals surface area contributed by atoms with Crippen molar-refractivity contribution >= 4 is 34.5 Å². The highest BCUT2D eigenvalue weighted by Crippen LogP contribution is 2.03. The number of alkyl halides is 1. The first-order chi connectivity index (χ1) is 7.63. The van der Waals surface area contributed by atoms with E-state index in [1.54, 1.807) is 0 Å². The van der Waals surface area contributed by atoms with Crippen LogP contribution in [0.5, 0.6) is 0 Å². The van der Waals surface area contributed by atoms with E-state index in [4.69, 9.17) is 5.11 Å². The van der Waals surface area contributed by atoms with Crippen LogP contribution >= 0.6 is 22.6 Å². The number of carbonyl (C=O) groups is 2. The first-order valence-corrected chi connectivity index (χ1v) is 6.28. The van der Waals surface area contributed by atoms with Gasteiger partial charge in [-0.25, -0.2) is 4.79 Å². The van der Waals surface area contributed by atoms with Gasteiger partial charge in [0.1, 0.15) is 6.04 Å². The van der Waals surface area contributed by atoms with Crippen molar-refractivity contribution in [2.24, 2.45) is 0 Å². The van der Waals surface area contributed by atoms with Crippen molar-refractivity contribution in [3.8, 4) is 0 Å². The van der Waals surface area contributed by atoms with Crippen LogP contribution in [0.2, 0.25) is 0 Å². The number of halogens is 1. The third-order valence-corrected chi connectivity index (χ3v) is 2.73. The van der Waals surface area contributed by atoms with Crippen LogP contribution in [-0.2, 0) is 16.0 Å². The lowest BCUT2D eigenvalue weighted by Crippen LogP contribution is -2.42. The predicted octanol–water partition coefficient (Wildman–Crippen LogP) is 1.23. The molecule has 0 heterocycles. The summed E-state index contributed by atoms with van der Waals surface area (Å²) in [6.07, 6.45) is 0.304. The van der Waals surface area contributed by atoms with Gasteiger partial charge in [0.25, 0.3) is 0 Å². The van der Waals surface area contributed by atoms with E-state index < -0.39 is 12.0 Å². The third-order valence-electron chi connectivity index (χ3n) is 2.04. The van der Waals surface area contributed by atoms with Crippen molar-refractivity contribution < 1.29 is 14.7 Å². The maximum absolute atomic E-state index is 11.1. The molecule has 5 heteroatoms. The fraction of sp³-hybridized carbons (Fsp3) is 0.273. The standard InChI is InChI=1S/C11H12INO3/c12-7-10(14)13-9(11(15)16)6-8-4-2-1-3-5-8/h1-5,9H,6-7H2,(H,13,14)(H,15,16)/t9-/m1/s1. The second-order valence-corrected chi connectivity index (χ2v) is 4.04. The van der Waals surface area contributed by atoms with E-state index in [-0.39, 0.29) is 10.3 Å². The first kappa shape index (κ1) is 13.0. The lowest BCUT2D eigenvalue weighted by atomic mass is 10.1. The van der Waals surface area contributed by atoms with Gasteiger partial charge in [0, 0.05) is 6.42 Å². The van der Waals surface area contributed by atoms with Gasteiger partial charge in [-0.2, -0.15) is 0 Å². The highest BCUT2D eigenvalue weighted by atomic mass is 127. The van der Waals surface area contributed by atoms with Gasteiger partial charge in [-0.3, -0.25) is 4.79 Å². The molecule has 0 spiro atoms. The van der Waals surface area contributed by atoms with Gasteiger partial charge < -0.3 is 10.4 Å². The lowest BCUT2D eigenvalue weighted by molar-refractivity contribution is -0.141. The normalized spacial score (nSPS) is 11.8. The Morgan fingerprint density at radius 1 is 1.31 bits per heavy atom.